The number of pyridine rings is 1. The molecule has 2 N–H and O–H groups in total. The monoisotopic (exact) mass is 393 g/mol. The number of nitrogens with zero attached hydrogens (tertiary/aromatic N) is 1. The maximum atomic E-state index is 12.6. The number of hydrogen-bond donors (Lipinski definition) is 2. The number of nitrogens with one attached hydrogen (secondary N) is 2. The maximum absolute atomic E-state index is 12.6. The summed E-state index contributed by atoms with van der Waals surface area (Å²) in [5, 5.41) is 5.34. The van der Waals surface area contributed by atoms with Crippen LogP contribution < -0.4 is 10.6 Å². The summed E-state index contributed by atoms with van der Waals surface area (Å²) in [6.07, 6.45) is 2.88. The lowest BCUT2D eigenvalue weighted by Gasteiger charge is -2.11. The number of benzene rings is 1. The van der Waals surface area contributed by atoms with E-state index < -0.39 is 17.8 Å². The average molecular weight is 393 g/mol. The van der Waals surface area contributed by atoms with Crippen molar-refractivity contribution in [2.24, 2.45) is 0 Å². The van der Waals surface area contributed by atoms with Gasteiger partial charge in [-0.1, -0.05) is 12.1 Å². The second-order valence-electron chi connectivity index (χ2n) is 5.91. The maximum Gasteiger partial charge on any atom is 0.340 e. The highest BCUT2D eigenvalue weighted by Crippen LogP contribution is 2.17. The second-order valence-corrected chi connectivity index (χ2v) is 5.91. The molecular formula is C21H19N3O5. The van der Waals surface area contributed by atoms with Crippen LogP contribution in [0.2, 0.25) is 0 Å². The summed E-state index contributed by atoms with van der Waals surface area (Å²) in [6.45, 7) is 2.13. The Morgan fingerprint density at radius 1 is 1.07 bits per heavy atom. The first-order valence-electron chi connectivity index (χ1n) is 8.92. The third-order valence-electron chi connectivity index (χ3n) is 3.93. The first-order valence-corrected chi connectivity index (χ1v) is 8.92. The highest BCUT2D eigenvalue weighted by molar-refractivity contribution is 6.08. The van der Waals surface area contributed by atoms with Gasteiger partial charge in [0.25, 0.3) is 11.8 Å². The van der Waals surface area contributed by atoms with E-state index in [2.05, 4.69) is 15.6 Å². The van der Waals surface area contributed by atoms with Gasteiger partial charge in [0.2, 0.25) is 0 Å². The zero-order valence-corrected chi connectivity index (χ0v) is 15.7. The molecule has 0 unspecified atom stereocenters. The van der Waals surface area contributed by atoms with Crippen molar-refractivity contribution in [2.75, 3.05) is 11.9 Å². The quantitative estimate of drug-likeness (QED) is 0.597. The largest absolute Gasteiger partial charge is 0.467 e. The smallest absolute Gasteiger partial charge is 0.340 e. The van der Waals surface area contributed by atoms with Crippen LogP contribution in [0.5, 0.6) is 0 Å². The minimum absolute atomic E-state index is 0.0860. The number of carbonyl (C=O) groups is 3. The number of esters is 1. The van der Waals surface area contributed by atoms with E-state index in [0.717, 1.165) is 0 Å². The molecule has 0 aliphatic heterocycles. The highest BCUT2D eigenvalue weighted by atomic mass is 16.5. The SMILES string of the molecule is CCOC(=O)c1ccccc1NC(=O)c1ccnc(C(=O)NCc2ccco2)c1. The van der Waals surface area contributed by atoms with E-state index in [1.807, 2.05) is 0 Å². The van der Waals surface area contributed by atoms with E-state index in [0.29, 0.717) is 11.4 Å². The standard InChI is InChI=1S/C21H19N3O5/c1-2-28-21(27)16-7-3-4-8-17(16)24-19(25)14-9-10-22-18(12-14)20(26)23-13-15-6-5-11-29-15/h3-12H,2,13H2,1H3,(H,23,26)(H,24,25). The zero-order valence-electron chi connectivity index (χ0n) is 15.7. The van der Waals surface area contributed by atoms with E-state index in [9.17, 15) is 14.4 Å². The van der Waals surface area contributed by atoms with Crippen LogP contribution in [0.4, 0.5) is 5.69 Å². The number of rotatable bonds is 7. The van der Waals surface area contributed by atoms with Gasteiger partial charge >= 0.3 is 5.97 Å². The normalized spacial score (nSPS) is 10.2. The van der Waals surface area contributed by atoms with E-state index in [4.69, 9.17) is 9.15 Å². The van der Waals surface area contributed by atoms with Crippen molar-refractivity contribution >= 4 is 23.5 Å². The van der Waals surface area contributed by atoms with Crippen LogP contribution in [-0.2, 0) is 11.3 Å². The van der Waals surface area contributed by atoms with E-state index in [1.54, 1.807) is 43.3 Å². The molecule has 3 aromatic rings. The van der Waals surface area contributed by atoms with Crippen LogP contribution in [0.25, 0.3) is 0 Å². The predicted molar refractivity (Wildman–Crippen MR) is 104 cm³/mol. The van der Waals surface area contributed by atoms with Gasteiger partial charge in [-0.2, -0.15) is 0 Å². The molecule has 2 heterocycles. The summed E-state index contributed by atoms with van der Waals surface area (Å²) in [6, 6.07) is 12.8. The topological polar surface area (TPSA) is 111 Å². The molecule has 1 aromatic carbocycles. The first kappa shape index (κ1) is 19.8. The van der Waals surface area contributed by atoms with Crippen molar-refractivity contribution in [3.63, 3.8) is 0 Å². The average Bonchev–Trinajstić information content (AvgIpc) is 3.26. The Hall–Kier alpha value is -3.94. The molecule has 2 amide bonds. The number of furan rings is 1. The van der Waals surface area contributed by atoms with E-state index in [1.165, 1.54) is 24.6 Å². The molecule has 148 valence electrons. The minimum atomic E-state index is -0.531. The molecule has 0 saturated heterocycles. The van der Waals surface area contributed by atoms with E-state index >= 15 is 0 Å². The summed E-state index contributed by atoms with van der Waals surface area (Å²) in [7, 11) is 0. The van der Waals surface area contributed by atoms with Crippen molar-refractivity contribution in [2.45, 2.75) is 13.5 Å². The highest BCUT2D eigenvalue weighted by Gasteiger charge is 2.16. The Morgan fingerprint density at radius 2 is 1.90 bits per heavy atom. The summed E-state index contributed by atoms with van der Waals surface area (Å²) in [5.74, 6) is -0.855. The Kier molecular flexibility index (Phi) is 6.36. The van der Waals surface area contributed by atoms with Gasteiger partial charge in [0, 0.05) is 11.8 Å². The molecule has 8 heteroatoms. The van der Waals surface area contributed by atoms with E-state index in [-0.39, 0.29) is 30.0 Å². The number of carbonyl (C=O) groups excluding carboxylic acids is 3. The molecule has 0 radical (unpaired) electrons. The minimum Gasteiger partial charge on any atom is -0.467 e. The third-order valence-corrected chi connectivity index (χ3v) is 3.93. The summed E-state index contributed by atoms with van der Waals surface area (Å²) >= 11 is 0. The lowest BCUT2D eigenvalue weighted by atomic mass is 10.1. The van der Waals surface area contributed by atoms with Gasteiger partial charge in [0.05, 0.1) is 30.7 Å². The molecule has 0 bridgehead atoms. The molecule has 0 fully saturated rings. The number of aromatic nitrogens is 1. The van der Waals surface area contributed by atoms with Crippen LogP contribution >= 0.6 is 0 Å². The summed E-state index contributed by atoms with van der Waals surface area (Å²) in [4.78, 5) is 41.0. The van der Waals surface area contributed by atoms with Crippen molar-refractivity contribution in [3.05, 3.63) is 83.6 Å². The molecule has 2 aromatic heterocycles. The number of ether oxygens (including phenoxy) is 1. The van der Waals surface area contributed by atoms with Gasteiger partial charge in [0.1, 0.15) is 11.5 Å². The fourth-order valence-electron chi connectivity index (χ4n) is 2.54. The summed E-state index contributed by atoms with van der Waals surface area (Å²) in [5.41, 5.74) is 0.870. The fourth-order valence-corrected chi connectivity index (χ4v) is 2.54. The Labute approximate surface area is 166 Å². The molecule has 8 nitrogen and oxygen atoms in total. The first-order chi connectivity index (χ1) is 14.1. The lowest BCUT2D eigenvalue weighted by Crippen LogP contribution is -2.24. The van der Waals surface area contributed by atoms with Crippen molar-refractivity contribution in [1.29, 1.82) is 0 Å². The third kappa shape index (κ3) is 5.07. The van der Waals surface area contributed by atoms with Gasteiger partial charge in [-0.3, -0.25) is 14.6 Å². The van der Waals surface area contributed by atoms with Gasteiger partial charge in [-0.05, 0) is 43.3 Å². The number of anilines is 1. The van der Waals surface area contributed by atoms with Crippen molar-refractivity contribution < 1.29 is 23.5 Å². The summed E-state index contributed by atoms with van der Waals surface area (Å²) < 4.78 is 10.2. The van der Waals surface area contributed by atoms with Gasteiger partial charge < -0.3 is 19.8 Å². The Bertz CT molecular complexity index is 1010. The molecule has 0 spiro atoms. The Balaban J connectivity index is 1.71. The fraction of sp³-hybridized carbons (Fsp3) is 0.143. The second kappa shape index (κ2) is 9.32. The number of hydrogen-bond acceptors (Lipinski definition) is 6. The zero-order chi connectivity index (χ0) is 20.6. The number of amides is 2. The predicted octanol–water partition coefficient (Wildman–Crippen LogP) is 3.03. The van der Waals surface area contributed by atoms with Gasteiger partial charge in [-0.25, -0.2) is 4.79 Å². The molecule has 0 saturated carbocycles. The van der Waals surface area contributed by atoms with Crippen molar-refractivity contribution in [3.8, 4) is 0 Å². The van der Waals surface area contributed by atoms with Crippen LogP contribution in [0, 0.1) is 0 Å². The van der Waals surface area contributed by atoms with Gasteiger partial charge in [-0.15, -0.1) is 0 Å². The van der Waals surface area contributed by atoms with Crippen LogP contribution in [0.15, 0.2) is 65.4 Å². The molecule has 3 rings (SSSR count). The molecule has 0 aliphatic carbocycles. The number of para-hydroxylation sites is 1. The van der Waals surface area contributed by atoms with Crippen molar-refractivity contribution in [1.82, 2.24) is 10.3 Å². The van der Waals surface area contributed by atoms with Crippen LogP contribution in [0.3, 0.4) is 0 Å². The van der Waals surface area contributed by atoms with Crippen LogP contribution in [-0.4, -0.2) is 29.4 Å². The van der Waals surface area contributed by atoms with Gasteiger partial charge in [0.15, 0.2) is 0 Å². The molecule has 0 aliphatic rings. The van der Waals surface area contributed by atoms with Crippen LogP contribution in [0.1, 0.15) is 43.9 Å². The Morgan fingerprint density at radius 3 is 2.66 bits per heavy atom. The molecular weight excluding hydrogens is 374 g/mol. The molecule has 29 heavy (non-hydrogen) atoms. The lowest BCUT2D eigenvalue weighted by molar-refractivity contribution is 0.0527. The molecule has 0 atom stereocenters.